The minimum atomic E-state index is -3.12. The fourth-order valence-corrected chi connectivity index (χ4v) is 2.64. The van der Waals surface area contributed by atoms with Crippen LogP contribution in [-0.4, -0.2) is 58.3 Å². The van der Waals surface area contributed by atoms with E-state index in [0.717, 1.165) is 39.0 Å². The molecule has 0 aromatic rings. The molecule has 0 unspecified atom stereocenters. The first-order valence-corrected chi connectivity index (χ1v) is 8.61. The second kappa shape index (κ2) is 10.7. The lowest BCUT2D eigenvalue weighted by Crippen LogP contribution is -2.38. The Morgan fingerprint density at radius 3 is 2.22 bits per heavy atom. The number of hydrogen-bond donors (Lipinski definition) is 2. The molecule has 18 heavy (non-hydrogen) atoms. The first-order valence-electron chi connectivity index (χ1n) is 6.96. The lowest BCUT2D eigenvalue weighted by molar-refractivity contribution is 0.293. The molecule has 0 fully saturated rings. The summed E-state index contributed by atoms with van der Waals surface area (Å²) in [6, 6.07) is 0. The van der Waals surface area contributed by atoms with Crippen LogP contribution in [0.3, 0.4) is 0 Å². The van der Waals surface area contributed by atoms with Crippen LogP contribution in [-0.2, 0) is 10.0 Å². The summed E-state index contributed by atoms with van der Waals surface area (Å²) in [7, 11) is -3.12. The summed E-state index contributed by atoms with van der Waals surface area (Å²) in [5, 5.41) is 3.09. The van der Waals surface area contributed by atoms with Gasteiger partial charge in [-0.1, -0.05) is 20.8 Å². The Morgan fingerprint density at radius 2 is 1.67 bits per heavy atom. The molecule has 6 heteroatoms. The van der Waals surface area contributed by atoms with Crippen LogP contribution < -0.4 is 10.0 Å². The molecule has 0 radical (unpaired) electrons. The third-order valence-corrected chi connectivity index (χ3v) is 4.10. The SMILES string of the molecule is CCCNCCS(=O)(=O)NCCN(CC)CCC. The highest BCUT2D eigenvalue weighted by Crippen LogP contribution is 1.90. The second-order valence-electron chi connectivity index (χ2n) is 4.40. The monoisotopic (exact) mass is 279 g/mol. The summed E-state index contributed by atoms with van der Waals surface area (Å²) in [4.78, 5) is 2.25. The average Bonchev–Trinajstić information content (AvgIpc) is 2.33. The van der Waals surface area contributed by atoms with Crippen molar-refractivity contribution in [3.8, 4) is 0 Å². The normalized spacial score (nSPS) is 12.2. The molecule has 0 rings (SSSR count). The third kappa shape index (κ3) is 9.82. The van der Waals surface area contributed by atoms with Crippen LogP contribution in [0.25, 0.3) is 0 Å². The van der Waals surface area contributed by atoms with Crippen molar-refractivity contribution in [1.29, 1.82) is 0 Å². The number of nitrogens with zero attached hydrogens (tertiary/aromatic N) is 1. The number of sulfonamides is 1. The first-order chi connectivity index (χ1) is 8.55. The van der Waals surface area contributed by atoms with E-state index in [1.165, 1.54) is 0 Å². The molecular weight excluding hydrogens is 250 g/mol. The zero-order valence-electron chi connectivity index (χ0n) is 12.0. The maximum absolute atomic E-state index is 11.7. The summed E-state index contributed by atoms with van der Waals surface area (Å²) in [5.74, 6) is 0.160. The Balaban J connectivity index is 3.75. The van der Waals surface area contributed by atoms with E-state index in [9.17, 15) is 8.42 Å². The highest BCUT2D eigenvalue weighted by atomic mass is 32.2. The molecule has 0 heterocycles. The fourth-order valence-electron chi connectivity index (χ4n) is 1.68. The molecule has 0 saturated heterocycles. The van der Waals surface area contributed by atoms with Gasteiger partial charge >= 0.3 is 0 Å². The molecule has 0 aromatic carbocycles. The smallest absolute Gasteiger partial charge is 0.212 e. The van der Waals surface area contributed by atoms with E-state index in [2.05, 4.69) is 35.7 Å². The molecule has 0 aromatic heterocycles. The van der Waals surface area contributed by atoms with Gasteiger partial charge in [0.15, 0.2) is 0 Å². The van der Waals surface area contributed by atoms with Gasteiger partial charge in [0.2, 0.25) is 10.0 Å². The lowest BCUT2D eigenvalue weighted by atomic mass is 10.4. The third-order valence-electron chi connectivity index (χ3n) is 2.71. The Kier molecular flexibility index (Phi) is 10.6. The average molecular weight is 279 g/mol. The number of rotatable bonds is 12. The summed E-state index contributed by atoms with van der Waals surface area (Å²) in [6.07, 6.45) is 2.12. The Bertz CT molecular complexity index is 281. The number of likely N-dealkylation sites (N-methyl/N-ethyl adjacent to an activating group) is 1. The van der Waals surface area contributed by atoms with Crippen molar-refractivity contribution in [2.75, 3.05) is 45.0 Å². The van der Waals surface area contributed by atoms with Crippen molar-refractivity contribution < 1.29 is 8.42 Å². The van der Waals surface area contributed by atoms with E-state index in [-0.39, 0.29) is 5.75 Å². The van der Waals surface area contributed by atoms with Crippen molar-refractivity contribution in [3.63, 3.8) is 0 Å². The predicted molar refractivity (Wildman–Crippen MR) is 77.4 cm³/mol. The van der Waals surface area contributed by atoms with Crippen molar-refractivity contribution in [1.82, 2.24) is 14.9 Å². The highest BCUT2D eigenvalue weighted by molar-refractivity contribution is 7.89. The molecule has 0 bridgehead atoms. The van der Waals surface area contributed by atoms with Crippen molar-refractivity contribution in [2.24, 2.45) is 0 Å². The van der Waals surface area contributed by atoms with Gasteiger partial charge in [0, 0.05) is 19.6 Å². The number of hydrogen-bond acceptors (Lipinski definition) is 4. The van der Waals surface area contributed by atoms with Gasteiger partial charge in [0.25, 0.3) is 0 Å². The van der Waals surface area contributed by atoms with E-state index < -0.39 is 10.0 Å². The zero-order valence-corrected chi connectivity index (χ0v) is 12.9. The predicted octanol–water partition coefficient (Wildman–Crippen LogP) is 0.637. The van der Waals surface area contributed by atoms with Gasteiger partial charge in [0.05, 0.1) is 5.75 Å². The van der Waals surface area contributed by atoms with E-state index in [0.29, 0.717) is 13.1 Å². The molecule has 5 nitrogen and oxygen atoms in total. The van der Waals surface area contributed by atoms with E-state index in [4.69, 9.17) is 0 Å². The molecule has 0 aliphatic carbocycles. The molecule has 0 amide bonds. The van der Waals surface area contributed by atoms with Crippen molar-refractivity contribution in [3.05, 3.63) is 0 Å². The van der Waals surface area contributed by atoms with Crippen molar-refractivity contribution in [2.45, 2.75) is 33.6 Å². The Hall–Kier alpha value is -0.170. The van der Waals surface area contributed by atoms with Crippen LogP contribution in [0, 0.1) is 0 Å². The van der Waals surface area contributed by atoms with Gasteiger partial charge in [-0.3, -0.25) is 0 Å². The molecular formula is C12H29N3O2S. The van der Waals surface area contributed by atoms with Gasteiger partial charge in [-0.05, 0) is 32.5 Å². The highest BCUT2D eigenvalue weighted by Gasteiger charge is 2.09. The maximum Gasteiger partial charge on any atom is 0.212 e. The van der Waals surface area contributed by atoms with Gasteiger partial charge in [-0.15, -0.1) is 0 Å². The van der Waals surface area contributed by atoms with Crippen LogP contribution in [0.4, 0.5) is 0 Å². The molecule has 0 aliphatic rings. The fraction of sp³-hybridized carbons (Fsp3) is 1.00. The van der Waals surface area contributed by atoms with E-state index in [1.807, 2.05) is 0 Å². The summed E-state index contributed by atoms with van der Waals surface area (Å²) < 4.78 is 26.0. The largest absolute Gasteiger partial charge is 0.316 e. The molecule has 0 aliphatic heterocycles. The van der Waals surface area contributed by atoms with Gasteiger partial charge in [0.1, 0.15) is 0 Å². The minimum Gasteiger partial charge on any atom is -0.316 e. The van der Waals surface area contributed by atoms with Gasteiger partial charge in [-0.25, -0.2) is 13.1 Å². The van der Waals surface area contributed by atoms with Crippen LogP contribution >= 0.6 is 0 Å². The quantitative estimate of drug-likeness (QED) is 0.515. The lowest BCUT2D eigenvalue weighted by Gasteiger charge is -2.19. The summed E-state index contributed by atoms with van der Waals surface area (Å²) in [5.41, 5.74) is 0. The molecule has 110 valence electrons. The van der Waals surface area contributed by atoms with Gasteiger partial charge < -0.3 is 10.2 Å². The van der Waals surface area contributed by atoms with Crippen LogP contribution in [0.2, 0.25) is 0 Å². The molecule has 2 N–H and O–H groups in total. The second-order valence-corrected chi connectivity index (χ2v) is 6.32. The minimum absolute atomic E-state index is 0.160. The zero-order chi connectivity index (χ0) is 13.9. The maximum atomic E-state index is 11.7. The van der Waals surface area contributed by atoms with Gasteiger partial charge in [-0.2, -0.15) is 0 Å². The summed E-state index contributed by atoms with van der Waals surface area (Å²) in [6.45, 7) is 11.0. The first kappa shape index (κ1) is 17.8. The van der Waals surface area contributed by atoms with Crippen LogP contribution in [0.1, 0.15) is 33.6 Å². The Morgan fingerprint density at radius 1 is 0.944 bits per heavy atom. The van der Waals surface area contributed by atoms with Crippen LogP contribution in [0.5, 0.6) is 0 Å². The van der Waals surface area contributed by atoms with E-state index >= 15 is 0 Å². The van der Waals surface area contributed by atoms with Crippen molar-refractivity contribution >= 4 is 10.0 Å². The Labute approximate surface area is 112 Å². The van der Waals surface area contributed by atoms with E-state index in [1.54, 1.807) is 0 Å². The molecule has 0 atom stereocenters. The standard InChI is InChI=1S/C12H29N3O2S/c1-4-7-13-9-12-18(16,17)14-8-11-15(6-3)10-5-2/h13-14H,4-12H2,1-3H3. The summed E-state index contributed by atoms with van der Waals surface area (Å²) >= 11 is 0. The molecule has 0 spiro atoms. The number of nitrogens with one attached hydrogen (secondary N) is 2. The topological polar surface area (TPSA) is 61.4 Å². The van der Waals surface area contributed by atoms with Crippen LogP contribution in [0.15, 0.2) is 0 Å². The molecule has 0 saturated carbocycles.